The molecule has 1 aliphatic carbocycles. The minimum Gasteiger partial charge on any atom is -0.490 e. The molecule has 0 aromatic heterocycles. The molecule has 1 heteroatoms. The first-order chi connectivity index (χ1) is 8.33. The van der Waals surface area contributed by atoms with Gasteiger partial charge in [-0.3, -0.25) is 0 Å². The molecule has 90 valence electrons. The average molecular weight is 228 g/mol. The summed E-state index contributed by atoms with van der Waals surface area (Å²) in [4.78, 5) is 0. The molecule has 0 amide bonds. The molecule has 0 unspecified atom stereocenters. The minimum absolute atomic E-state index is 0.408. The zero-order valence-corrected chi connectivity index (χ0v) is 10.5. The van der Waals surface area contributed by atoms with E-state index in [9.17, 15) is 0 Å². The second-order valence-corrected chi connectivity index (χ2v) is 4.69. The summed E-state index contributed by atoms with van der Waals surface area (Å²) in [6.07, 6.45) is 13.2. The highest BCUT2D eigenvalue weighted by atomic mass is 16.5. The van der Waals surface area contributed by atoms with Gasteiger partial charge in [-0.25, -0.2) is 0 Å². The van der Waals surface area contributed by atoms with Crippen molar-refractivity contribution in [3.8, 4) is 18.1 Å². The van der Waals surface area contributed by atoms with E-state index in [0.717, 1.165) is 17.7 Å². The lowest BCUT2D eigenvalue weighted by Crippen LogP contribution is -2.19. The molecule has 1 aromatic carbocycles. The third-order valence-electron chi connectivity index (χ3n) is 3.47. The van der Waals surface area contributed by atoms with Gasteiger partial charge in [-0.05, 0) is 55.9 Å². The zero-order valence-electron chi connectivity index (χ0n) is 10.5. The first kappa shape index (κ1) is 12.0. The largest absolute Gasteiger partial charge is 0.490 e. The van der Waals surface area contributed by atoms with Gasteiger partial charge in [0.05, 0.1) is 6.10 Å². The van der Waals surface area contributed by atoms with Crippen LogP contribution in [0.1, 0.15) is 50.2 Å². The molecule has 1 aromatic rings. The van der Waals surface area contributed by atoms with Gasteiger partial charge in [0.2, 0.25) is 0 Å². The lowest BCUT2D eigenvalue weighted by atomic mass is 9.97. The summed E-state index contributed by atoms with van der Waals surface area (Å²) in [5.74, 6) is 3.70. The molecule has 0 bridgehead atoms. The Balaban J connectivity index is 2.08. The predicted molar refractivity (Wildman–Crippen MR) is 71.3 cm³/mol. The summed E-state index contributed by atoms with van der Waals surface area (Å²) in [5.41, 5.74) is 2.20. The summed E-state index contributed by atoms with van der Waals surface area (Å²) < 4.78 is 6.03. The summed E-state index contributed by atoms with van der Waals surface area (Å²) in [6, 6.07) is 6.10. The summed E-state index contributed by atoms with van der Waals surface area (Å²) in [7, 11) is 0. The Bertz CT molecular complexity index is 408. The molecule has 0 heterocycles. The minimum atomic E-state index is 0.408. The predicted octanol–water partition coefficient (Wildman–Crippen LogP) is 3.94. The molecular formula is C16H20O. The fourth-order valence-electron chi connectivity index (χ4n) is 2.45. The fraction of sp³-hybridized carbons (Fsp3) is 0.500. The van der Waals surface area contributed by atoms with E-state index < -0.39 is 0 Å². The van der Waals surface area contributed by atoms with Crippen molar-refractivity contribution in [3.63, 3.8) is 0 Å². The molecule has 0 radical (unpaired) electrons. The molecule has 17 heavy (non-hydrogen) atoms. The van der Waals surface area contributed by atoms with Gasteiger partial charge in [0, 0.05) is 5.56 Å². The maximum absolute atomic E-state index is 6.03. The lowest BCUT2D eigenvalue weighted by Gasteiger charge is -2.23. The van der Waals surface area contributed by atoms with Crippen LogP contribution in [0, 0.1) is 12.3 Å². The van der Waals surface area contributed by atoms with Crippen molar-refractivity contribution >= 4 is 0 Å². The van der Waals surface area contributed by atoms with Crippen LogP contribution in [0.25, 0.3) is 0 Å². The first-order valence-electron chi connectivity index (χ1n) is 6.59. The number of hydrogen-bond acceptors (Lipinski definition) is 1. The van der Waals surface area contributed by atoms with Crippen LogP contribution in [-0.4, -0.2) is 6.10 Å². The van der Waals surface area contributed by atoms with Gasteiger partial charge < -0.3 is 4.74 Å². The zero-order chi connectivity index (χ0) is 12.1. The maximum Gasteiger partial charge on any atom is 0.120 e. The van der Waals surface area contributed by atoms with Gasteiger partial charge in [-0.1, -0.05) is 19.3 Å². The van der Waals surface area contributed by atoms with E-state index in [1.54, 1.807) is 0 Å². The molecule has 0 spiro atoms. The molecule has 1 nitrogen and oxygen atoms in total. The molecule has 0 N–H and O–H groups in total. The Labute approximate surface area is 104 Å². The number of ether oxygens (including phenoxy) is 1. The van der Waals surface area contributed by atoms with Crippen molar-refractivity contribution in [2.45, 2.75) is 51.6 Å². The second kappa shape index (κ2) is 5.77. The molecule has 1 fully saturated rings. The Morgan fingerprint density at radius 2 is 2.06 bits per heavy atom. The van der Waals surface area contributed by atoms with Crippen LogP contribution in [0.4, 0.5) is 0 Å². The highest BCUT2D eigenvalue weighted by Gasteiger charge is 2.15. The van der Waals surface area contributed by atoms with Gasteiger partial charge in [0.25, 0.3) is 0 Å². The number of hydrogen-bond donors (Lipinski definition) is 0. The Morgan fingerprint density at radius 1 is 1.29 bits per heavy atom. The monoisotopic (exact) mass is 228 g/mol. The van der Waals surface area contributed by atoms with E-state index in [2.05, 4.69) is 18.9 Å². The SMILES string of the molecule is C#Cc1ccc(OC2CCCCC2)cc1CC. The number of benzene rings is 1. The van der Waals surface area contributed by atoms with Crippen LogP contribution < -0.4 is 4.74 Å². The van der Waals surface area contributed by atoms with Gasteiger partial charge in [-0.15, -0.1) is 6.42 Å². The summed E-state index contributed by atoms with van der Waals surface area (Å²) >= 11 is 0. The second-order valence-electron chi connectivity index (χ2n) is 4.69. The maximum atomic E-state index is 6.03. The Morgan fingerprint density at radius 3 is 2.71 bits per heavy atom. The average Bonchev–Trinajstić information content (AvgIpc) is 2.40. The molecule has 0 atom stereocenters. The molecule has 0 saturated heterocycles. The van der Waals surface area contributed by atoms with E-state index in [0.29, 0.717) is 6.10 Å². The van der Waals surface area contributed by atoms with Crippen molar-refractivity contribution in [2.75, 3.05) is 0 Å². The van der Waals surface area contributed by atoms with Crippen molar-refractivity contribution in [1.29, 1.82) is 0 Å². The third kappa shape index (κ3) is 3.03. The number of rotatable bonds is 3. The van der Waals surface area contributed by atoms with E-state index in [1.807, 2.05) is 12.1 Å². The van der Waals surface area contributed by atoms with Crippen LogP contribution in [0.5, 0.6) is 5.75 Å². The fourth-order valence-corrected chi connectivity index (χ4v) is 2.45. The number of aryl methyl sites for hydroxylation is 1. The van der Waals surface area contributed by atoms with Crippen LogP contribution in [0.15, 0.2) is 18.2 Å². The Hall–Kier alpha value is -1.42. The highest BCUT2D eigenvalue weighted by Crippen LogP contribution is 2.25. The van der Waals surface area contributed by atoms with Crippen molar-refractivity contribution in [1.82, 2.24) is 0 Å². The molecule has 2 rings (SSSR count). The van der Waals surface area contributed by atoms with Gasteiger partial charge in [-0.2, -0.15) is 0 Å². The van der Waals surface area contributed by atoms with Crippen LogP contribution in [0.2, 0.25) is 0 Å². The smallest absolute Gasteiger partial charge is 0.120 e. The molecule has 1 aliphatic rings. The van der Waals surface area contributed by atoms with Crippen LogP contribution in [0.3, 0.4) is 0 Å². The van der Waals surface area contributed by atoms with Gasteiger partial charge in [0.1, 0.15) is 5.75 Å². The van der Waals surface area contributed by atoms with E-state index in [1.165, 1.54) is 37.7 Å². The Kier molecular flexibility index (Phi) is 4.09. The standard InChI is InChI=1S/C16H20O/c1-3-13-10-11-16(12-14(13)4-2)17-15-8-6-5-7-9-15/h1,10-12,15H,4-9H2,2H3. The van der Waals surface area contributed by atoms with Gasteiger partial charge in [0.15, 0.2) is 0 Å². The van der Waals surface area contributed by atoms with E-state index in [-0.39, 0.29) is 0 Å². The van der Waals surface area contributed by atoms with Crippen LogP contribution >= 0.6 is 0 Å². The molecule has 1 saturated carbocycles. The molecular weight excluding hydrogens is 208 g/mol. The highest BCUT2D eigenvalue weighted by molar-refractivity contribution is 5.44. The van der Waals surface area contributed by atoms with E-state index >= 15 is 0 Å². The van der Waals surface area contributed by atoms with Crippen LogP contribution in [-0.2, 0) is 6.42 Å². The third-order valence-corrected chi connectivity index (χ3v) is 3.47. The summed E-state index contributed by atoms with van der Waals surface area (Å²) in [5, 5.41) is 0. The number of terminal acetylenes is 1. The van der Waals surface area contributed by atoms with Crippen molar-refractivity contribution < 1.29 is 4.74 Å². The lowest BCUT2D eigenvalue weighted by molar-refractivity contribution is 0.155. The topological polar surface area (TPSA) is 9.23 Å². The van der Waals surface area contributed by atoms with Crippen molar-refractivity contribution in [2.24, 2.45) is 0 Å². The quantitative estimate of drug-likeness (QED) is 0.712. The normalized spacial score (nSPS) is 16.5. The van der Waals surface area contributed by atoms with E-state index in [4.69, 9.17) is 11.2 Å². The van der Waals surface area contributed by atoms with Gasteiger partial charge >= 0.3 is 0 Å². The summed E-state index contributed by atoms with van der Waals surface area (Å²) in [6.45, 7) is 2.13. The first-order valence-corrected chi connectivity index (χ1v) is 6.59. The molecule has 0 aliphatic heterocycles. The van der Waals surface area contributed by atoms with Crippen molar-refractivity contribution in [3.05, 3.63) is 29.3 Å².